The number of aliphatic carboxylic acids is 1. The lowest BCUT2D eigenvalue weighted by Crippen LogP contribution is -2.55. The van der Waals surface area contributed by atoms with Crippen LogP contribution in [0.1, 0.15) is 27.2 Å². The predicted molar refractivity (Wildman–Crippen MR) is 70.8 cm³/mol. The van der Waals surface area contributed by atoms with Gasteiger partial charge in [-0.05, 0) is 20.3 Å². The highest BCUT2D eigenvalue weighted by Gasteiger charge is 2.36. The molecule has 7 nitrogen and oxygen atoms in total. The first-order chi connectivity index (χ1) is 8.64. The number of carboxylic acids is 1. The van der Waals surface area contributed by atoms with Gasteiger partial charge < -0.3 is 20.2 Å². The number of carboxylic acid groups (broad SMARTS) is 1. The first-order valence-corrected chi connectivity index (χ1v) is 6.13. The number of hydrogen-bond acceptors (Lipinski definition) is 3. The lowest BCUT2D eigenvalue weighted by molar-refractivity contribution is -0.147. The quantitative estimate of drug-likeness (QED) is 0.731. The number of rotatable bonds is 6. The van der Waals surface area contributed by atoms with Crippen molar-refractivity contribution in [1.29, 1.82) is 0 Å². The molecule has 0 bridgehead atoms. The first kappa shape index (κ1) is 17.2. The summed E-state index contributed by atoms with van der Waals surface area (Å²) in [6, 6.07) is -0.515. The summed E-state index contributed by atoms with van der Waals surface area (Å²) >= 11 is 0. The Morgan fingerprint density at radius 2 is 1.74 bits per heavy atom. The van der Waals surface area contributed by atoms with Gasteiger partial charge in [0.15, 0.2) is 0 Å². The van der Waals surface area contributed by atoms with Crippen molar-refractivity contribution in [3.05, 3.63) is 0 Å². The third-order valence-corrected chi connectivity index (χ3v) is 2.93. The molecule has 0 aromatic rings. The van der Waals surface area contributed by atoms with Crippen LogP contribution in [-0.2, 0) is 9.59 Å². The van der Waals surface area contributed by atoms with Crippen LogP contribution in [0.4, 0.5) is 4.79 Å². The molecule has 2 N–H and O–H groups in total. The van der Waals surface area contributed by atoms with Crippen molar-refractivity contribution < 1.29 is 19.5 Å². The van der Waals surface area contributed by atoms with Crippen LogP contribution in [-0.4, -0.2) is 65.5 Å². The van der Waals surface area contributed by atoms with Crippen LogP contribution in [0, 0.1) is 0 Å². The van der Waals surface area contributed by atoms with Gasteiger partial charge in [-0.2, -0.15) is 0 Å². The summed E-state index contributed by atoms with van der Waals surface area (Å²) < 4.78 is 0. The van der Waals surface area contributed by atoms with E-state index in [9.17, 15) is 14.4 Å². The van der Waals surface area contributed by atoms with Gasteiger partial charge in [-0.3, -0.25) is 4.79 Å². The van der Waals surface area contributed by atoms with Crippen LogP contribution in [0.5, 0.6) is 0 Å². The molecule has 0 heterocycles. The van der Waals surface area contributed by atoms with E-state index < -0.39 is 17.5 Å². The van der Waals surface area contributed by atoms with Gasteiger partial charge in [0.05, 0.1) is 0 Å². The van der Waals surface area contributed by atoms with Crippen LogP contribution in [0.15, 0.2) is 0 Å². The molecule has 0 saturated heterocycles. The molecule has 0 radical (unpaired) electrons. The highest BCUT2D eigenvalue weighted by atomic mass is 16.4. The maximum atomic E-state index is 12.0. The second-order valence-electron chi connectivity index (χ2n) is 4.91. The Balaban J connectivity index is 4.57. The molecule has 0 aliphatic heterocycles. The predicted octanol–water partition coefficient (Wildman–Crippen LogP) is 0.359. The Morgan fingerprint density at radius 1 is 1.21 bits per heavy atom. The second kappa shape index (κ2) is 6.96. The third kappa shape index (κ3) is 4.76. The van der Waals surface area contributed by atoms with E-state index >= 15 is 0 Å². The Bertz CT molecular complexity index is 355. The van der Waals surface area contributed by atoms with Crippen molar-refractivity contribution in [2.45, 2.75) is 32.7 Å². The topological polar surface area (TPSA) is 90.0 Å². The standard InChI is InChI=1S/C12H23N3O4/c1-6-7-13-9(16)8-14(4)11(19)15(5)12(2,3)10(17)18/h6-8H2,1-5H3,(H,13,16)(H,17,18). The van der Waals surface area contributed by atoms with Gasteiger partial charge >= 0.3 is 12.0 Å². The zero-order valence-electron chi connectivity index (χ0n) is 12.2. The normalized spacial score (nSPS) is 10.8. The van der Waals surface area contributed by atoms with E-state index in [4.69, 9.17) is 5.11 Å². The van der Waals surface area contributed by atoms with Crippen LogP contribution < -0.4 is 5.32 Å². The molecule has 0 aromatic heterocycles. The average molecular weight is 273 g/mol. The molecule has 7 heteroatoms. The van der Waals surface area contributed by atoms with Crippen molar-refractivity contribution in [2.24, 2.45) is 0 Å². The highest BCUT2D eigenvalue weighted by molar-refractivity contribution is 5.88. The van der Waals surface area contributed by atoms with E-state index in [0.29, 0.717) is 6.54 Å². The molecular weight excluding hydrogens is 250 g/mol. The summed E-state index contributed by atoms with van der Waals surface area (Å²) in [4.78, 5) is 36.8. The fourth-order valence-corrected chi connectivity index (χ4v) is 1.24. The van der Waals surface area contributed by atoms with Crippen molar-refractivity contribution in [3.8, 4) is 0 Å². The lowest BCUT2D eigenvalue weighted by Gasteiger charge is -2.34. The van der Waals surface area contributed by atoms with Crippen LogP contribution in [0.2, 0.25) is 0 Å². The fraction of sp³-hybridized carbons (Fsp3) is 0.750. The molecule has 3 amide bonds. The average Bonchev–Trinajstić information content (AvgIpc) is 2.33. The van der Waals surface area contributed by atoms with E-state index in [-0.39, 0.29) is 12.5 Å². The second-order valence-corrected chi connectivity index (χ2v) is 4.91. The van der Waals surface area contributed by atoms with Gasteiger partial charge in [0.1, 0.15) is 12.1 Å². The number of carbonyl (C=O) groups is 3. The molecule has 0 saturated carbocycles. The Hall–Kier alpha value is -1.79. The molecule has 0 fully saturated rings. The Morgan fingerprint density at radius 3 is 2.16 bits per heavy atom. The highest BCUT2D eigenvalue weighted by Crippen LogP contribution is 2.14. The number of nitrogens with zero attached hydrogens (tertiary/aromatic N) is 2. The Kier molecular flexibility index (Phi) is 6.31. The van der Waals surface area contributed by atoms with Crippen LogP contribution in [0.3, 0.4) is 0 Å². The number of urea groups is 1. The molecular formula is C12H23N3O4. The minimum atomic E-state index is -1.33. The van der Waals surface area contributed by atoms with Crippen molar-refractivity contribution >= 4 is 17.9 Å². The zero-order chi connectivity index (χ0) is 15.2. The van der Waals surface area contributed by atoms with Crippen LogP contribution in [0.25, 0.3) is 0 Å². The number of nitrogens with one attached hydrogen (secondary N) is 1. The molecule has 110 valence electrons. The van der Waals surface area contributed by atoms with E-state index in [1.807, 2.05) is 6.92 Å². The summed E-state index contributed by atoms with van der Waals surface area (Å²) in [5.41, 5.74) is -1.33. The third-order valence-electron chi connectivity index (χ3n) is 2.93. The van der Waals surface area contributed by atoms with Crippen molar-refractivity contribution in [1.82, 2.24) is 15.1 Å². The largest absolute Gasteiger partial charge is 0.480 e. The van der Waals surface area contributed by atoms with Gasteiger partial charge in [0, 0.05) is 20.6 Å². The monoisotopic (exact) mass is 273 g/mol. The summed E-state index contributed by atoms with van der Waals surface area (Å²) in [7, 11) is 2.86. The summed E-state index contributed by atoms with van der Waals surface area (Å²) in [5.74, 6) is -1.37. The molecule has 0 aliphatic carbocycles. The first-order valence-electron chi connectivity index (χ1n) is 6.13. The molecule has 0 rings (SSSR count). The fourth-order valence-electron chi connectivity index (χ4n) is 1.24. The number of hydrogen-bond donors (Lipinski definition) is 2. The van der Waals surface area contributed by atoms with E-state index in [1.54, 1.807) is 0 Å². The van der Waals surface area contributed by atoms with Crippen molar-refractivity contribution in [3.63, 3.8) is 0 Å². The molecule has 0 spiro atoms. The molecule has 0 unspecified atom stereocenters. The minimum Gasteiger partial charge on any atom is -0.480 e. The van der Waals surface area contributed by atoms with Gasteiger partial charge in [0.25, 0.3) is 0 Å². The molecule has 19 heavy (non-hydrogen) atoms. The van der Waals surface area contributed by atoms with Gasteiger partial charge in [0.2, 0.25) is 5.91 Å². The SMILES string of the molecule is CCCNC(=O)CN(C)C(=O)N(C)C(C)(C)C(=O)O. The summed E-state index contributed by atoms with van der Waals surface area (Å²) in [6.07, 6.45) is 0.815. The van der Waals surface area contributed by atoms with E-state index in [1.165, 1.54) is 32.8 Å². The van der Waals surface area contributed by atoms with E-state index in [2.05, 4.69) is 5.32 Å². The Labute approximate surface area is 113 Å². The summed E-state index contributed by atoms with van der Waals surface area (Å²) in [5, 5.41) is 11.7. The lowest BCUT2D eigenvalue weighted by atomic mass is 10.0. The molecule has 0 aromatic carbocycles. The number of amides is 3. The molecule has 0 aliphatic rings. The van der Waals surface area contributed by atoms with E-state index in [0.717, 1.165) is 11.3 Å². The summed E-state index contributed by atoms with van der Waals surface area (Å²) in [6.45, 7) is 5.24. The van der Waals surface area contributed by atoms with Gasteiger partial charge in [-0.15, -0.1) is 0 Å². The van der Waals surface area contributed by atoms with Gasteiger partial charge in [-0.1, -0.05) is 6.92 Å². The van der Waals surface area contributed by atoms with Gasteiger partial charge in [-0.25, -0.2) is 9.59 Å². The molecule has 0 atom stereocenters. The van der Waals surface area contributed by atoms with Crippen LogP contribution >= 0.6 is 0 Å². The smallest absolute Gasteiger partial charge is 0.329 e. The maximum Gasteiger partial charge on any atom is 0.329 e. The maximum absolute atomic E-state index is 12.0. The number of carbonyl (C=O) groups excluding carboxylic acids is 2. The number of likely N-dealkylation sites (N-methyl/N-ethyl adjacent to an activating group) is 2. The van der Waals surface area contributed by atoms with Crippen molar-refractivity contribution in [2.75, 3.05) is 27.2 Å². The minimum absolute atomic E-state index is 0.0983. The zero-order valence-corrected chi connectivity index (χ0v) is 12.2.